The molecular formula is C26H50O2. The van der Waals surface area contributed by atoms with Gasteiger partial charge in [-0.05, 0) is 50.4 Å². The largest absolute Gasteiger partial charge is 0.481 e. The summed E-state index contributed by atoms with van der Waals surface area (Å²) >= 11 is 0. The highest BCUT2D eigenvalue weighted by atomic mass is 16.4. The van der Waals surface area contributed by atoms with Gasteiger partial charge in [-0.2, -0.15) is 0 Å². The Kier molecular flexibility index (Phi) is 16.6. The van der Waals surface area contributed by atoms with E-state index in [0.717, 1.165) is 43.4 Å². The number of rotatable bonds is 18. The minimum Gasteiger partial charge on any atom is -0.481 e. The van der Waals surface area contributed by atoms with E-state index in [1.165, 1.54) is 56.9 Å². The molecule has 0 aliphatic carbocycles. The molecule has 0 saturated heterocycles. The maximum absolute atomic E-state index is 11.3. The molecule has 0 rings (SSSR count). The van der Waals surface area contributed by atoms with Gasteiger partial charge in [0.15, 0.2) is 0 Å². The minimum absolute atomic E-state index is 0.198. The molecule has 0 heterocycles. The number of hydrogen-bond acceptors (Lipinski definition) is 1. The number of carboxylic acids is 1. The normalized spacial score (nSPS) is 15.6. The molecule has 28 heavy (non-hydrogen) atoms. The molecule has 0 aliphatic rings. The van der Waals surface area contributed by atoms with Crippen molar-refractivity contribution in [2.75, 3.05) is 0 Å². The van der Waals surface area contributed by atoms with Crippen molar-refractivity contribution < 1.29 is 9.90 Å². The third kappa shape index (κ3) is 16.2. The van der Waals surface area contributed by atoms with Crippen LogP contribution in [0.4, 0.5) is 0 Å². The second kappa shape index (κ2) is 17.1. The number of hydrogen-bond donors (Lipinski definition) is 1. The van der Waals surface area contributed by atoms with Gasteiger partial charge in [-0.15, -0.1) is 0 Å². The molecule has 0 spiro atoms. The van der Waals surface area contributed by atoms with Crippen molar-refractivity contribution in [3.05, 3.63) is 11.6 Å². The number of aliphatic carboxylic acids is 1. The van der Waals surface area contributed by atoms with Crippen molar-refractivity contribution >= 4 is 5.97 Å². The number of carboxylic acid groups (broad SMARTS) is 1. The van der Waals surface area contributed by atoms with Crippen LogP contribution in [0.2, 0.25) is 0 Å². The summed E-state index contributed by atoms with van der Waals surface area (Å²) in [6.07, 6.45) is 17.7. The Morgan fingerprint density at radius 1 is 0.821 bits per heavy atom. The lowest BCUT2D eigenvalue weighted by molar-refractivity contribution is -0.141. The molecule has 2 heteroatoms. The average molecular weight is 395 g/mol. The number of allylic oxidation sites excluding steroid dienone is 2. The Morgan fingerprint density at radius 3 is 1.86 bits per heavy atom. The van der Waals surface area contributed by atoms with Gasteiger partial charge in [0.05, 0.1) is 5.92 Å². The van der Waals surface area contributed by atoms with Crippen molar-refractivity contribution in [1.82, 2.24) is 0 Å². The molecule has 0 aromatic rings. The molecule has 0 aromatic carbocycles. The van der Waals surface area contributed by atoms with Crippen molar-refractivity contribution in [3.63, 3.8) is 0 Å². The number of carbonyl (C=O) groups is 1. The molecule has 0 aromatic heterocycles. The lowest BCUT2D eigenvalue weighted by atomic mass is 9.91. The van der Waals surface area contributed by atoms with Gasteiger partial charge in [0.25, 0.3) is 0 Å². The average Bonchev–Trinajstić information content (AvgIpc) is 2.61. The molecule has 2 nitrogen and oxygen atoms in total. The summed E-state index contributed by atoms with van der Waals surface area (Å²) in [5, 5.41) is 9.33. The zero-order chi connectivity index (χ0) is 21.4. The van der Waals surface area contributed by atoms with E-state index in [-0.39, 0.29) is 5.92 Å². The van der Waals surface area contributed by atoms with Gasteiger partial charge in [0.1, 0.15) is 0 Å². The lowest BCUT2D eigenvalue weighted by Crippen LogP contribution is -2.12. The van der Waals surface area contributed by atoms with E-state index in [9.17, 15) is 9.90 Å². The Morgan fingerprint density at radius 2 is 1.36 bits per heavy atom. The van der Waals surface area contributed by atoms with Gasteiger partial charge in [0.2, 0.25) is 0 Å². The Labute approximate surface area is 176 Å². The van der Waals surface area contributed by atoms with E-state index in [4.69, 9.17) is 0 Å². The van der Waals surface area contributed by atoms with E-state index < -0.39 is 5.97 Å². The third-order valence-corrected chi connectivity index (χ3v) is 6.15. The van der Waals surface area contributed by atoms with Crippen LogP contribution in [-0.2, 0) is 4.79 Å². The molecule has 0 bridgehead atoms. The summed E-state index contributed by atoms with van der Waals surface area (Å²) in [5.74, 6) is 1.70. The van der Waals surface area contributed by atoms with Crippen LogP contribution < -0.4 is 0 Å². The lowest BCUT2D eigenvalue weighted by Gasteiger charge is -2.15. The summed E-state index contributed by atoms with van der Waals surface area (Å²) in [6.45, 7) is 13.7. The molecule has 0 aliphatic heterocycles. The van der Waals surface area contributed by atoms with Crippen molar-refractivity contribution in [2.45, 2.75) is 125 Å². The molecule has 1 N–H and O–H groups in total. The van der Waals surface area contributed by atoms with Crippen molar-refractivity contribution in [3.8, 4) is 0 Å². The topological polar surface area (TPSA) is 37.3 Å². The minimum atomic E-state index is -0.635. The first-order chi connectivity index (χ1) is 13.3. The third-order valence-electron chi connectivity index (χ3n) is 6.15. The number of unbranched alkanes of at least 4 members (excludes halogenated alkanes) is 1. The fraction of sp³-hybridized carbons (Fsp3) is 0.885. The molecule has 0 saturated carbocycles. The van der Waals surface area contributed by atoms with E-state index in [1.807, 2.05) is 0 Å². The summed E-state index contributed by atoms with van der Waals surface area (Å²) in [5.41, 5.74) is 1.37. The predicted molar refractivity (Wildman–Crippen MR) is 124 cm³/mol. The van der Waals surface area contributed by atoms with Crippen LogP contribution >= 0.6 is 0 Å². The predicted octanol–water partition coefficient (Wildman–Crippen LogP) is 8.65. The van der Waals surface area contributed by atoms with Crippen LogP contribution in [0.15, 0.2) is 11.6 Å². The first-order valence-corrected chi connectivity index (χ1v) is 12.1. The van der Waals surface area contributed by atoms with E-state index in [0.29, 0.717) is 6.42 Å². The zero-order valence-electron chi connectivity index (χ0n) is 19.9. The first-order valence-electron chi connectivity index (χ1n) is 12.1. The van der Waals surface area contributed by atoms with Gasteiger partial charge in [-0.3, -0.25) is 4.79 Å². The highest BCUT2D eigenvalue weighted by molar-refractivity contribution is 5.70. The quantitative estimate of drug-likeness (QED) is 0.236. The van der Waals surface area contributed by atoms with Crippen LogP contribution in [0.1, 0.15) is 125 Å². The maximum atomic E-state index is 11.3. The summed E-state index contributed by atoms with van der Waals surface area (Å²) < 4.78 is 0. The van der Waals surface area contributed by atoms with Crippen LogP contribution in [0.5, 0.6) is 0 Å². The van der Waals surface area contributed by atoms with Crippen LogP contribution in [0.25, 0.3) is 0 Å². The fourth-order valence-electron chi connectivity index (χ4n) is 3.95. The molecule has 3 unspecified atom stereocenters. The molecule has 0 fully saturated rings. The van der Waals surface area contributed by atoms with E-state index in [1.54, 1.807) is 0 Å². The van der Waals surface area contributed by atoms with Gasteiger partial charge < -0.3 is 5.11 Å². The Hall–Kier alpha value is -0.790. The molecule has 0 radical (unpaired) electrons. The van der Waals surface area contributed by atoms with Gasteiger partial charge in [-0.1, -0.05) is 104 Å². The van der Waals surface area contributed by atoms with Crippen LogP contribution in [0, 0.1) is 23.7 Å². The van der Waals surface area contributed by atoms with Crippen LogP contribution in [0.3, 0.4) is 0 Å². The highest BCUT2D eigenvalue weighted by Crippen LogP contribution is 2.22. The SMILES string of the molecule is CCCCC(CC=C(C)CCCC(C)CCCC(C)CCCC(C)C)C(=O)O. The van der Waals surface area contributed by atoms with Gasteiger partial charge in [0, 0.05) is 0 Å². The van der Waals surface area contributed by atoms with E-state index in [2.05, 4.69) is 47.6 Å². The molecule has 0 amide bonds. The maximum Gasteiger partial charge on any atom is 0.306 e. The van der Waals surface area contributed by atoms with Crippen molar-refractivity contribution in [2.24, 2.45) is 23.7 Å². The first kappa shape index (κ1) is 27.2. The van der Waals surface area contributed by atoms with Crippen LogP contribution in [-0.4, -0.2) is 11.1 Å². The fourth-order valence-corrected chi connectivity index (χ4v) is 3.95. The monoisotopic (exact) mass is 394 g/mol. The standard InChI is InChI=1S/C26H50O2/c1-7-8-18-25(26(27)28)20-19-24(6)17-11-16-23(5)15-10-14-22(4)13-9-12-21(2)3/h19,21-23,25H,7-18,20H2,1-6H3,(H,27,28). The zero-order valence-corrected chi connectivity index (χ0v) is 19.9. The summed E-state index contributed by atoms with van der Waals surface area (Å²) in [6, 6.07) is 0. The van der Waals surface area contributed by atoms with E-state index >= 15 is 0 Å². The van der Waals surface area contributed by atoms with Gasteiger partial charge in [-0.25, -0.2) is 0 Å². The molecular weight excluding hydrogens is 344 g/mol. The second-order valence-corrected chi connectivity index (χ2v) is 9.82. The summed E-state index contributed by atoms with van der Waals surface area (Å²) in [7, 11) is 0. The summed E-state index contributed by atoms with van der Waals surface area (Å²) in [4.78, 5) is 11.3. The Balaban J connectivity index is 3.88. The molecule has 166 valence electrons. The second-order valence-electron chi connectivity index (χ2n) is 9.82. The Bertz CT molecular complexity index is 411. The van der Waals surface area contributed by atoms with Gasteiger partial charge >= 0.3 is 5.97 Å². The van der Waals surface area contributed by atoms with Crippen molar-refractivity contribution in [1.29, 1.82) is 0 Å². The highest BCUT2D eigenvalue weighted by Gasteiger charge is 2.15. The smallest absolute Gasteiger partial charge is 0.306 e. The molecule has 3 atom stereocenters.